The van der Waals surface area contributed by atoms with Crippen molar-refractivity contribution in [2.45, 2.75) is 0 Å². The Morgan fingerprint density at radius 3 is 2.58 bits per heavy atom. The van der Waals surface area contributed by atoms with E-state index in [-0.39, 0.29) is 5.69 Å². The summed E-state index contributed by atoms with van der Waals surface area (Å²) in [6.45, 7) is 0. The number of hydrazone groups is 1. The molecule has 0 saturated heterocycles. The van der Waals surface area contributed by atoms with Gasteiger partial charge in [-0.3, -0.25) is 15.1 Å². The van der Waals surface area contributed by atoms with Crippen molar-refractivity contribution in [2.24, 2.45) is 5.10 Å². The molecular formula is C13H12N4O2. The number of hydrogen-bond acceptors (Lipinski definition) is 5. The molecule has 6 nitrogen and oxygen atoms in total. The monoisotopic (exact) mass is 256 g/mol. The number of nitro benzene ring substituents is 1. The van der Waals surface area contributed by atoms with Gasteiger partial charge in [0.05, 0.1) is 11.1 Å². The average molecular weight is 256 g/mol. The summed E-state index contributed by atoms with van der Waals surface area (Å²) in [6, 6.07) is 11.7. The first-order valence-corrected chi connectivity index (χ1v) is 5.60. The zero-order valence-electron chi connectivity index (χ0n) is 10.3. The second-order valence-corrected chi connectivity index (χ2v) is 3.80. The SMILES string of the molecule is CN(/N=C\c1ccc([N+](=O)[O-])cc1)c1ccccn1. The fourth-order valence-electron chi connectivity index (χ4n) is 1.44. The van der Waals surface area contributed by atoms with Gasteiger partial charge in [0.15, 0.2) is 0 Å². The number of nitro groups is 1. The first-order chi connectivity index (χ1) is 9.16. The molecule has 0 spiro atoms. The van der Waals surface area contributed by atoms with Gasteiger partial charge in [-0.25, -0.2) is 4.98 Å². The zero-order valence-corrected chi connectivity index (χ0v) is 10.3. The quantitative estimate of drug-likeness (QED) is 0.478. The molecule has 0 fully saturated rings. The van der Waals surface area contributed by atoms with E-state index >= 15 is 0 Å². The number of aromatic nitrogens is 1. The molecule has 19 heavy (non-hydrogen) atoms. The molecule has 6 heteroatoms. The summed E-state index contributed by atoms with van der Waals surface area (Å²) in [5.74, 6) is 0.723. The highest BCUT2D eigenvalue weighted by Gasteiger charge is 2.03. The first-order valence-electron chi connectivity index (χ1n) is 5.60. The van der Waals surface area contributed by atoms with Gasteiger partial charge in [0.1, 0.15) is 5.82 Å². The van der Waals surface area contributed by atoms with Gasteiger partial charge in [-0.2, -0.15) is 5.10 Å². The Kier molecular flexibility index (Phi) is 3.82. The van der Waals surface area contributed by atoms with Crippen LogP contribution in [0.4, 0.5) is 11.5 Å². The van der Waals surface area contributed by atoms with Crippen LogP contribution in [0.3, 0.4) is 0 Å². The van der Waals surface area contributed by atoms with Gasteiger partial charge in [-0.05, 0) is 29.8 Å². The second kappa shape index (κ2) is 5.72. The molecule has 0 aliphatic carbocycles. The lowest BCUT2D eigenvalue weighted by molar-refractivity contribution is -0.384. The Labute approximate surface area is 110 Å². The van der Waals surface area contributed by atoms with Crippen molar-refractivity contribution in [1.82, 2.24) is 4.98 Å². The molecule has 0 saturated carbocycles. The van der Waals surface area contributed by atoms with Crippen molar-refractivity contribution in [1.29, 1.82) is 0 Å². The summed E-state index contributed by atoms with van der Waals surface area (Å²) in [7, 11) is 1.78. The van der Waals surface area contributed by atoms with Crippen molar-refractivity contribution in [2.75, 3.05) is 12.1 Å². The standard InChI is InChI=1S/C13H12N4O2/c1-16(13-4-2-3-9-14-13)15-10-11-5-7-12(8-6-11)17(18)19/h2-10H,1H3/b15-10-. The van der Waals surface area contributed by atoms with E-state index in [0.717, 1.165) is 11.4 Å². The van der Waals surface area contributed by atoms with E-state index in [1.807, 2.05) is 18.2 Å². The van der Waals surface area contributed by atoms with E-state index in [9.17, 15) is 10.1 Å². The Bertz CT molecular complexity index is 581. The molecule has 0 atom stereocenters. The fourth-order valence-corrected chi connectivity index (χ4v) is 1.44. The van der Waals surface area contributed by atoms with Gasteiger partial charge in [0, 0.05) is 25.4 Å². The van der Waals surface area contributed by atoms with E-state index in [1.54, 1.807) is 36.6 Å². The molecule has 2 aromatic rings. The van der Waals surface area contributed by atoms with E-state index in [2.05, 4.69) is 10.1 Å². The molecule has 1 aromatic heterocycles. The predicted molar refractivity (Wildman–Crippen MR) is 73.3 cm³/mol. The van der Waals surface area contributed by atoms with E-state index < -0.39 is 4.92 Å². The average Bonchev–Trinajstić information content (AvgIpc) is 2.46. The van der Waals surface area contributed by atoms with Crippen LogP contribution in [0.2, 0.25) is 0 Å². The maximum atomic E-state index is 10.5. The Hall–Kier alpha value is -2.76. The molecule has 0 bridgehead atoms. The predicted octanol–water partition coefficient (Wildman–Crippen LogP) is 2.46. The summed E-state index contributed by atoms with van der Waals surface area (Å²) >= 11 is 0. The van der Waals surface area contributed by atoms with Crippen molar-refractivity contribution in [3.05, 3.63) is 64.3 Å². The van der Waals surface area contributed by atoms with Gasteiger partial charge in [0.2, 0.25) is 0 Å². The summed E-state index contributed by atoms with van der Waals surface area (Å²) in [5.41, 5.74) is 0.851. The van der Waals surface area contributed by atoms with Gasteiger partial charge in [-0.15, -0.1) is 0 Å². The largest absolute Gasteiger partial charge is 0.269 e. The maximum absolute atomic E-state index is 10.5. The minimum absolute atomic E-state index is 0.0650. The van der Waals surface area contributed by atoms with E-state index in [0.29, 0.717) is 0 Å². The third kappa shape index (κ3) is 3.35. The van der Waals surface area contributed by atoms with Gasteiger partial charge in [-0.1, -0.05) is 6.07 Å². The van der Waals surface area contributed by atoms with Crippen LogP contribution in [0.5, 0.6) is 0 Å². The number of non-ortho nitro benzene ring substituents is 1. The van der Waals surface area contributed by atoms with Gasteiger partial charge < -0.3 is 0 Å². The molecule has 0 aliphatic heterocycles. The second-order valence-electron chi connectivity index (χ2n) is 3.80. The summed E-state index contributed by atoms with van der Waals surface area (Å²) < 4.78 is 0. The van der Waals surface area contributed by atoms with Gasteiger partial charge in [0.25, 0.3) is 5.69 Å². The number of rotatable bonds is 4. The lowest BCUT2D eigenvalue weighted by Gasteiger charge is -2.10. The third-order valence-electron chi connectivity index (χ3n) is 2.46. The van der Waals surface area contributed by atoms with Crippen LogP contribution in [0.25, 0.3) is 0 Å². The molecule has 0 radical (unpaired) electrons. The van der Waals surface area contributed by atoms with Crippen LogP contribution in [0.1, 0.15) is 5.56 Å². The van der Waals surface area contributed by atoms with Crippen LogP contribution in [0, 0.1) is 10.1 Å². The minimum atomic E-state index is -0.430. The number of anilines is 1. The van der Waals surface area contributed by atoms with Crippen molar-refractivity contribution in [3.63, 3.8) is 0 Å². The summed E-state index contributed by atoms with van der Waals surface area (Å²) in [5, 5.41) is 16.4. The van der Waals surface area contributed by atoms with Gasteiger partial charge >= 0.3 is 0 Å². The smallest absolute Gasteiger partial charge is 0.258 e. The van der Waals surface area contributed by atoms with Crippen LogP contribution < -0.4 is 5.01 Å². The lowest BCUT2D eigenvalue weighted by atomic mass is 10.2. The van der Waals surface area contributed by atoms with E-state index in [4.69, 9.17) is 0 Å². The highest BCUT2D eigenvalue weighted by atomic mass is 16.6. The minimum Gasteiger partial charge on any atom is -0.258 e. The van der Waals surface area contributed by atoms with Crippen LogP contribution in [0.15, 0.2) is 53.8 Å². The molecule has 1 aromatic carbocycles. The van der Waals surface area contributed by atoms with Crippen LogP contribution >= 0.6 is 0 Å². The first kappa shape index (κ1) is 12.7. The maximum Gasteiger partial charge on any atom is 0.269 e. The molecule has 0 aliphatic rings. The molecular weight excluding hydrogens is 244 g/mol. The summed E-state index contributed by atoms with van der Waals surface area (Å²) in [4.78, 5) is 14.2. The normalized spacial score (nSPS) is 10.6. The number of nitrogens with zero attached hydrogens (tertiary/aromatic N) is 4. The molecule has 0 N–H and O–H groups in total. The highest BCUT2D eigenvalue weighted by Crippen LogP contribution is 2.11. The zero-order chi connectivity index (χ0) is 13.7. The summed E-state index contributed by atoms with van der Waals surface area (Å²) in [6.07, 6.45) is 3.31. The Morgan fingerprint density at radius 1 is 1.26 bits per heavy atom. The number of benzene rings is 1. The number of pyridine rings is 1. The third-order valence-corrected chi connectivity index (χ3v) is 2.46. The number of hydrogen-bond donors (Lipinski definition) is 0. The van der Waals surface area contributed by atoms with Crippen molar-refractivity contribution < 1.29 is 4.92 Å². The molecule has 2 rings (SSSR count). The highest BCUT2D eigenvalue weighted by molar-refractivity contribution is 5.80. The molecule has 0 unspecified atom stereocenters. The van der Waals surface area contributed by atoms with Crippen molar-refractivity contribution in [3.8, 4) is 0 Å². The molecule has 96 valence electrons. The topological polar surface area (TPSA) is 71.6 Å². The Morgan fingerprint density at radius 2 is 2.00 bits per heavy atom. The van der Waals surface area contributed by atoms with Crippen LogP contribution in [-0.2, 0) is 0 Å². The molecule has 1 heterocycles. The Balaban J connectivity index is 2.08. The lowest BCUT2D eigenvalue weighted by Crippen LogP contribution is -2.10. The molecule has 0 amide bonds. The van der Waals surface area contributed by atoms with E-state index in [1.165, 1.54) is 12.1 Å². The fraction of sp³-hybridized carbons (Fsp3) is 0.0769. The van der Waals surface area contributed by atoms with Crippen molar-refractivity contribution >= 4 is 17.7 Å². The van der Waals surface area contributed by atoms with Crippen LogP contribution in [-0.4, -0.2) is 23.2 Å².